The topological polar surface area (TPSA) is 56.8 Å². The predicted molar refractivity (Wildman–Crippen MR) is 92.1 cm³/mol. The number of nitriles is 2. The highest BCUT2D eigenvalue weighted by molar-refractivity contribution is 5.70. The minimum Gasteiger partial charge on any atom is -0.489 e. The first-order chi connectivity index (χ1) is 11.8. The van der Waals surface area contributed by atoms with E-state index < -0.39 is 0 Å². The molecule has 0 atom stereocenters. The molecule has 0 aromatic heterocycles. The van der Waals surface area contributed by atoms with E-state index >= 15 is 0 Å². The van der Waals surface area contributed by atoms with Gasteiger partial charge in [0.1, 0.15) is 12.4 Å². The largest absolute Gasteiger partial charge is 0.489 e. The molecule has 0 saturated heterocycles. The quantitative estimate of drug-likeness (QED) is 0.703. The molecule has 0 radical (unpaired) electrons. The molecule has 3 nitrogen and oxygen atoms in total. The van der Waals surface area contributed by atoms with Gasteiger partial charge in [0.15, 0.2) is 0 Å². The molecule has 0 amide bonds. The van der Waals surface area contributed by atoms with Crippen LogP contribution in [0.15, 0.2) is 72.8 Å². The van der Waals surface area contributed by atoms with Crippen molar-refractivity contribution >= 4 is 0 Å². The zero-order chi connectivity index (χ0) is 16.8. The molecule has 0 fully saturated rings. The van der Waals surface area contributed by atoms with Crippen LogP contribution in [0.25, 0.3) is 11.1 Å². The Morgan fingerprint density at radius 2 is 1.46 bits per heavy atom. The van der Waals surface area contributed by atoms with Gasteiger partial charge in [-0.3, -0.25) is 0 Å². The second kappa shape index (κ2) is 7.13. The maximum atomic E-state index is 9.19. The minimum absolute atomic E-state index is 0.450. The van der Waals surface area contributed by atoms with E-state index in [1.165, 1.54) is 0 Å². The van der Waals surface area contributed by atoms with Gasteiger partial charge >= 0.3 is 0 Å². The summed E-state index contributed by atoms with van der Waals surface area (Å²) >= 11 is 0. The Labute approximate surface area is 141 Å². The van der Waals surface area contributed by atoms with Crippen molar-refractivity contribution in [1.29, 1.82) is 10.5 Å². The van der Waals surface area contributed by atoms with E-state index in [1.54, 1.807) is 24.3 Å². The third-order valence-electron chi connectivity index (χ3n) is 3.70. The van der Waals surface area contributed by atoms with Gasteiger partial charge < -0.3 is 4.74 Å². The fourth-order valence-corrected chi connectivity index (χ4v) is 2.41. The fraction of sp³-hybridized carbons (Fsp3) is 0.0476. The summed E-state index contributed by atoms with van der Waals surface area (Å²) in [5.74, 6) is 0.730. The van der Waals surface area contributed by atoms with Gasteiger partial charge in [-0.05, 0) is 47.0 Å². The molecule has 114 valence electrons. The van der Waals surface area contributed by atoms with Gasteiger partial charge in [-0.1, -0.05) is 42.5 Å². The van der Waals surface area contributed by atoms with Gasteiger partial charge in [0.2, 0.25) is 0 Å². The lowest BCUT2D eigenvalue weighted by atomic mass is 9.99. The standard InChI is InChI=1S/C21H14N2O/c22-13-16-7-11-20(12-8-16)24-15-17-5-9-18(10-6-17)21-4-2-1-3-19(21)14-23/h1-12H,15H2. The monoisotopic (exact) mass is 310 g/mol. The highest BCUT2D eigenvalue weighted by Gasteiger charge is 2.04. The molecule has 0 aliphatic heterocycles. The molecule has 3 aromatic rings. The lowest BCUT2D eigenvalue weighted by molar-refractivity contribution is 0.306. The Kier molecular flexibility index (Phi) is 4.56. The van der Waals surface area contributed by atoms with Gasteiger partial charge in [0, 0.05) is 0 Å². The average molecular weight is 310 g/mol. The fourth-order valence-electron chi connectivity index (χ4n) is 2.41. The van der Waals surface area contributed by atoms with Crippen molar-refractivity contribution in [3.63, 3.8) is 0 Å². The highest BCUT2D eigenvalue weighted by Crippen LogP contribution is 2.24. The molecule has 3 aromatic carbocycles. The van der Waals surface area contributed by atoms with Gasteiger partial charge in [-0.2, -0.15) is 10.5 Å². The SMILES string of the molecule is N#Cc1ccc(OCc2ccc(-c3ccccc3C#N)cc2)cc1. The summed E-state index contributed by atoms with van der Waals surface area (Å²) in [7, 11) is 0. The number of ether oxygens (including phenoxy) is 1. The maximum absolute atomic E-state index is 9.19. The zero-order valence-electron chi connectivity index (χ0n) is 12.9. The summed E-state index contributed by atoms with van der Waals surface area (Å²) in [6.45, 7) is 0.450. The van der Waals surface area contributed by atoms with Crippen molar-refractivity contribution in [1.82, 2.24) is 0 Å². The van der Waals surface area contributed by atoms with E-state index in [1.807, 2.05) is 48.5 Å². The van der Waals surface area contributed by atoms with Crippen LogP contribution in [0.1, 0.15) is 16.7 Å². The molecular weight excluding hydrogens is 296 g/mol. The molecule has 24 heavy (non-hydrogen) atoms. The van der Waals surface area contributed by atoms with Gasteiger partial charge in [-0.15, -0.1) is 0 Å². The van der Waals surface area contributed by atoms with Crippen LogP contribution in [0, 0.1) is 22.7 Å². The van der Waals surface area contributed by atoms with Crippen LogP contribution < -0.4 is 4.74 Å². The molecule has 0 N–H and O–H groups in total. The smallest absolute Gasteiger partial charge is 0.119 e. The molecule has 3 heteroatoms. The number of hydrogen-bond acceptors (Lipinski definition) is 3. The average Bonchev–Trinajstić information content (AvgIpc) is 2.67. The second-order valence-corrected chi connectivity index (χ2v) is 5.28. The first kappa shape index (κ1) is 15.3. The van der Waals surface area contributed by atoms with Crippen LogP contribution in [-0.2, 0) is 6.61 Å². The van der Waals surface area contributed by atoms with Gasteiger partial charge in [0.25, 0.3) is 0 Å². The van der Waals surface area contributed by atoms with E-state index in [4.69, 9.17) is 10.00 Å². The molecule has 0 aliphatic carbocycles. The van der Waals surface area contributed by atoms with E-state index in [0.29, 0.717) is 17.7 Å². The van der Waals surface area contributed by atoms with Crippen molar-refractivity contribution in [3.8, 4) is 29.0 Å². The number of rotatable bonds is 4. The number of nitrogens with zero attached hydrogens (tertiary/aromatic N) is 2. The predicted octanol–water partition coefficient (Wildman–Crippen LogP) is 4.68. The Hall–Kier alpha value is -3.56. The molecule has 0 saturated carbocycles. The third-order valence-corrected chi connectivity index (χ3v) is 3.70. The molecule has 3 rings (SSSR count). The van der Waals surface area contributed by atoms with E-state index in [0.717, 1.165) is 22.4 Å². The van der Waals surface area contributed by atoms with Crippen LogP contribution in [0.2, 0.25) is 0 Å². The second-order valence-electron chi connectivity index (χ2n) is 5.28. The molecule has 0 unspecified atom stereocenters. The van der Waals surface area contributed by atoms with Crippen molar-refractivity contribution < 1.29 is 4.74 Å². The normalized spacial score (nSPS) is 9.75. The van der Waals surface area contributed by atoms with E-state index in [9.17, 15) is 5.26 Å². The minimum atomic E-state index is 0.450. The van der Waals surface area contributed by atoms with Crippen LogP contribution >= 0.6 is 0 Å². The first-order valence-electron chi connectivity index (χ1n) is 7.51. The molecular formula is C21H14N2O. The van der Waals surface area contributed by atoms with Gasteiger partial charge in [0.05, 0.1) is 23.3 Å². The molecule has 0 spiro atoms. The van der Waals surface area contributed by atoms with Crippen LogP contribution in [0.5, 0.6) is 5.75 Å². The third kappa shape index (κ3) is 3.43. The van der Waals surface area contributed by atoms with Crippen molar-refractivity contribution in [2.45, 2.75) is 6.61 Å². The molecule has 0 bridgehead atoms. The lowest BCUT2D eigenvalue weighted by Gasteiger charge is -2.08. The summed E-state index contributed by atoms with van der Waals surface area (Å²) < 4.78 is 5.72. The van der Waals surface area contributed by atoms with Crippen molar-refractivity contribution in [2.75, 3.05) is 0 Å². The summed E-state index contributed by atoms with van der Waals surface area (Å²) in [5, 5.41) is 18.0. The zero-order valence-corrected chi connectivity index (χ0v) is 12.9. The Bertz CT molecular complexity index is 914. The summed E-state index contributed by atoms with van der Waals surface area (Å²) in [6.07, 6.45) is 0. The molecule has 0 heterocycles. The lowest BCUT2D eigenvalue weighted by Crippen LogP contribution is -1.95. The van der Waals surface area contributed by atoms with Crippen LogP contribution in [0.3, 0.4) is 0 Å². The van der Waals surface area contributed by atoms with Crippen LogP contribution in [0.4, 0.5) is 0 Å². The Balaban J connectivity index is 1.70. The van der Waals surface area contributed by atoms with E-state index in [-0.39, 0.29) is 0 Å². The highest BCUT2D eigenvalue weighted by atomic mass is 16.5. The van der Waals surface area contributed by atoms with Crippen LogP contribution in [-0.4, -0.2) is 0 Å². The summed E-state index contributed by atoms with van der Waals surface area (Å²) in [6, 6.07) is 26.9. The van der Waals surface area contributed by atoms with E-state index in [2.05, 4.69) is 12.1 Å². The Morgan fingerprint density at radius 1 is 0.750 bits per heavy atom. The first-order valence-corrected chi connectivity index (χ1v) is 7.51. The number of hydrogen-bond donors (Lipinski definition) is 0. The summed E-state index contributed by atoms with van der Waals surface area (Å²) in [4.78, 5) is 0. The maximum Gasteiger partial charge on any atom is 0.119 e. The Morgan fingerprint density at radius 3 is 2.12 bits per heavy atom. The summed E-state index contributed by atoms with van der Waals surface area (Å²) in [5.41, 5.74) is 4.26. The van der Waals surface area contributed by atoms with Crippen molar-refractivity contribution in [3.05, 3.63) is 89.5 Å². The van der Waals surface area contributed by atoms with Crippen molar-refractivity contribution in [2.24, 2.45) is 0 Å². The molecule has 0 aliphatic rings. The van der Waals surface area contributed by atoms with Gasteiger partial charge in [-0.25, -0.2) is 0 Å². The number of benzene rings is 3.